The van der Waals surface area contributed by atoms with E-state index in [-0.39, 0.29) is 6.42 Å². The molecule has 5 nitrogen and oxygen atoms in total. The molecule has 1 saturated carbocycles. The van der Waals surface area contributed by atoms with Crippen LogP contribution in [0.5, 0.6) is 0 Å². The standard InChI is InChI=1S/C9H13F3N2O3/c10-9(11,12)5-13-7(17)14-8(2-1-3-8)4-6(15)16/h1-5H2,(H,15,16)(H2,13,14,17). The maximum absolute atomic E-state index is 11.8. The van der Waals surface area contributed by atoms with Crippen molar-refractivity contribution in [3.05, 3.63) is 0 Å². The van der Waals surface area contributed by atoms with Gasteiger partial charge in [0.25, 0.3) is 0 Å². The lowest BCUT2D eigenvalue weighted by atomic mass is 9.74. The third-order valence-corrected chi connectivity index (χ3v) is 2.63. The van der Waals surface area contributed by atoms with Gasteiger partial charge in [-0.15, -0.1) is 0 Å². The third kappa shape index (κ3) is 4.49. The second kappa shape index (κ2) is 4.80. The molecule has 1 aliphatic carbocycles. The first kappa shape index (κ1) is 13.6. The quantitative estimate of drug-likeness (QED) is 0.706. The summed E-state index contributed by atoms with van der Waals surface area (Å²) in [7, 11) is 0. The highest BCUT2D eigenvalue weighted by Gasteiger charge is 2.40. The fraction of sp³-hybridized carbons (Fsp3) is 0.778. The number of alkyl halides is 3. The van der Waals surface area contributed by atoms with E-state index < -0.39 is 30.3 Å². The summed E-state index contributed by atoms with van der Waals surface area (Å²) in [6.07, 6.45) is -3.05. The molecule has 98 valence electrons. The van der Waals surface area contributed by atoms with E-state index in [0.29, 0.717) is 12.8 Å². The van der Waals surface area contributed by atoms with E-state index >= 15 is 0 Å². The first-order chi connectivity index (χ1) is 7.72. The maximum Gasteiger partial charge on any atom is 0.405 e. The Balaban J connectivity index is 2.41. The first-order valence-electron chi connectivity index (χ1n) is 5.07. The van der Waals surface area contributed by atoms with Crippen LogP contribution in [0.2, 0.25) is 0 Å². The van der Waals surface area contributed by atoms with Crippen molar-refractivity contribution in [2.24, 2.45) is 0 Å². The molecule has 1 rings (SSSR count). The molecule has 0 spiro atoms. The van der Waals surface area contributed by atoms with Gasteiger partial charge in [0.1, 0.15) is 6.54 Å². The first-order valence-corrected chi connectivity index (χ1v) is 5.07. The number of hydrogen-bond donors (Lipinski definition) is 3. The molecule has 1 fully saturated rings. The normalized spacial score (nSPS) is 18.1. The summed E-state index contributed by atoms with van der Waals surface area (Å²) in [5, 5.41) is 12.6. The van der Waals surface area contributed by atoms with Gasteiger partial charge < -0.3 is 15.7 Å². The van der Waals surface area contributed by atoms with E-state index in [9.17, 15) is 22.8 Å². The Hall–Kier alpha value is -1.47. The fourth-order valence-electron chi connectivity index (χ4n) is 1.70. The van der Waals surface area contributed by atoms with E-state index in [1.54, 1.807) is 5.32 Å². The van der Waals surface area contributed by atoms with Gasteiger partial charge in [0.05, 0.1) is 12.0 Å². The summed E-state index contributed by atoms with van der Waals surface area (Å²) in [6.45, 7) is -1.43. The fourth-order valence-corrected chi connectivity index (χ4v) is 1.70. The average Bonchev–Trinajstić information content (AvgIpc) is 2.09. The molecule has 0 atom stereocenters. The summed E-state index contributed by atoms with van der Waals surface area (Å²) in [6, 6.07) is -0.983. The van der Waals surface area contributed by atoms with Crippen LogP contribution in [0, 0.1) is 0 Å². The zero-order valence-corrected chi connectivity index (χ0v) is 8.93. The number of rotatable bonds is 4. The minimum Gasteiger partial charge on any atom is -0.481 e. The van der Waals surface area contributed by atoms with Crippen molar-refractivity contribution in [1.82, 2.24) is 10.6 Å². The maximum atomic E-state index is 11.8. The van der Waals surface area contributed by atoms with Gasteiger partial charge in [-0.1, -0.05) is 0 Å². The van der Waals surface area contributed by atoms with Gasteiger partial charge in [-0.3, -0.25) is 4.79 Å². The highest BCUT2D eigenvalue weighted by Crippen LogP contribution is 2.34. The topological polar surface area (TPSA) is 78.4 Å². The summed E-state index contributed by atoms with van der Waals surface area (Å²) in [5.41, 5.74) is -0.887. The molecule has 17 heavy (non-hydrogen) atoms. The molecule has 0 saturated heterocycles. The Morgan fingerprint density at radius 1 is 1.29 bits per heavy atom. The SMILES string of the molecule is O=C(O)CC1(NC(=O)NCC(F)(F)F)CCC1. The highest BCUT2D eigenvalue weighted by atomic mass is 19.4. The van der Waals surface area contributed by atoms with Gasteiger partial charge in [0.2, 0.25) is 0 Å². The average molecular weight is 254 g/mol. The predicted octanol–water partition coefficient (Wildman–Crippen LogP) is 1.25. The molecule has 3 N–H and O–H groups in total. The van der Waals surface area contributed by atoms with Crippen LogP contribution >= 0.6 is 0 Å². The number of carbonyl (C=O) groups excluding carboxylic acids is 1. The number of carboxylic acid groups (broad SMARTS) is 1. The van der Waals surface area contributed by atoms with Crippen molar-refractivity contribution in [3.8, 4) is 0 Å². The smallest absolute Gasteiger partial charge is 0.405 e. The molecule has 0 aromatic rings. The lowest BCUT2D eigenvalue weighted by Crippen LogP contribution is -2.58. The van der Waals surface area contributed by atoms with E-state index in [1.807, 2.05) is 0 Å². The van der Waals surface area contributed by atoms with E-state index in [2.05, 4.69) is 5.32 Å². The number of carbonyl (C=O) groups is 2. The van der Waals surface area contributed by atoms with Crippen LogP contribution in [0.15, 0.2) is 0 Å². The number of carboxylic acids is 1. The highest BCUT2D eigenvalue weighted by molar-refractivity contribution is 5.77. The van der Waals surface area contributed by atoms with E-state index in [0.717, 1.165) is 6.42 Å². The lowest BCUT2D eigenvalue weighted by molar-refractivity contribution is -0.139. The minimum atomic E-state index is -4.48. The number of aliphatic carboxylic acids is 1. The van der Waals surface area contributed by atoms with Crippen LogP contribution < -0.4 is 10.6 Å². The van der Waals surface area contributed by atoms with Crippen LogP contribution in [0.25, 0.3) is 0 Å². The summed E-state index contributed by atoms with van der Waals surface area (Å²) in [4.78, 5) is 21.7. The van der Waals surface area contributed by atoms with Crippen molar-refractivity contribution in [2.75, 3.05) is 6.54 Å². The van der Waals surface area contributed by atoms with Crippen LogP contribution in [-0.2, 0) is 4.79 Å². The lowest BCUT2D eigenvalue weighted by Gasteiger charge is -2.41. The minimum absolute atomic E-state index is 0.271. The van der Waals surface area contributed by atoms with E-state index in [4.69, 9.17) is 5.11 Å². The molecule has 8 heteroatoms. The van der Waals surface area contributed by atoms with Gasteiger partial charge in [-0.25, -0.2) is 4.79 Å². The molecule has 0 aromatic heterocycles. The molecule has 1 aliphatic rings. The second-order valence-corrected chi connectivity index (χ2v) is 4.13. The van der Waals surface area contributed by atoms with Crippen molar-refractivity contribution < 1.29 is 27.9 Å². The second-order valence-electron chi connectivity index (χ2n) is 4.13. The van der Waals surface area contributed by atoms with E-state index in [1.165, 1.54) is 0 Å². The molecule has 2 amide bonds. The number of hydrogen-bond acceptors (Lipinski definition) is 2. The number of halogens is 3. The summed E-state index contributed by atoms with van der Waals surface area (Å²) >= 11 is 0. The molecular formula is C9H13F3N2O3. The summed E-state index contributed by atoms with van der Waals surface area (Å²) < 4.78 is 35.5. The van der Waals surface area contributed by atoms with Crippen molar-refractivity contribution in [3.63, 3.8) is 0 Å². The number of nitrogens with one attached hydrogen (secondary N) is 2. The third-order valence-electron chi connectivity index (χ3n) is 2.63. The van der Waals surface area contributed by atoms with Crippen LogP contribution in [0.1, 0.15) is 25.7 Å². The van der Waals surface area contributed by atoms with Crippen LogP contribution in [0.3, 0.4) is 0 Å². The van der Waals surface area contributed by atoms with Gasteiger partial charge in [0, 0.05) is 0 Å². The Kier molecular flexibility index (Phi) is 3.84. The van der Waals surface area contributed by atoms with Gasteiger partial charge in [-0.2, -0.15) is 13.2 Å². The number of urea groups is 1. The van der Waals surface area contributed by atoms with Crippen LogP contribution in [0.4, 0.5) is 18.0 Å². The zero-order chi connectivity index (χ0) is 13.1. The van der Waals surface area contributed by atoms with Crippen molar-refractivity contribution >= 4 is 12.0 Å². The molecule has 0 aliphatic heterocycles. The molecule has 0 aromatic carbocycles. The van der Waals surface area contributed by atoms with Gasteiger partial charge >= 0.3 is 18.2 Å². The largest absolute Gasteiger partial charge is 0.481 e. The van der Waals surface area contributed by atoms with Crippen molar-refractivity contribution in [1.29, 1.82) is 0 Å². The molecule has 0 bridgehead atoms. The van der Waals surface area contributed by atoms with Crippen molar-refractivity contribution in [2.45, 2.75) is 37.4 Å². The Morgan fingerprint density at radius 2 is 1.88 bits per heavy atom. The van der Waals surface area contributed by atoms with Crippen LogP contribution in [-0.4, -0.2) is 35.4 Å². The molecular weight excluding hydrogens is 241 g/mol. The Bertz CT molecular complexity index is 313. The Labute approximate surface area is 95.4 Å². The Morgan fingerprint density at radius 3 is 2.24 bits per heavy atom. The van der Waals surface area contributed by atoms with Gasteiger partial charge in [0.15, 0.2) is 0 Å². The predicted molar refractivity (Wildman–Crippen MR) is 51.4 cm³/mol. The summed E-state index contributed by atoms with van der Waals surface area (Å²) in [5.74, 6) is -1.08. The molecule has 0 heterocycles. The monoisotopic (exact) mass is 254 g/mol. The molecule has 0 unspecified atom stereocenters. The zero-order valence-electron chi connectivity index (χ0n) is 8.93. The molecule has 0 radical (unpaired) electrons. The van der Waals surface area contributed by atoms with Gasteiger partial charge in [-0.05, 0) is 19.3 Å². The number of amides is 2.